The largest absolute Gasteiger partial charge is 0.509 e. The van der Waals surface area contributed by atoms with E-state index < -0.39 is 53.6 Å². The van der Waals surface area contributed by atoms with Gasteiger partial charge in [0, 0.05) is 0 Å². The van der Waals surface area contributed by atoms with Crippen LogP contribution >= 0.6 is 0 Å². The monoisotopic (exact) mass is 493 g/mol. The third-order valence-corrected chi connectivity index (χ3v) is 5.12. The molecular weight excluding hydrogens is 454 g/mol. The minimum atomic E-state index is -0.927. The third kappa shape index (κ3) is 8.64. The Morgan fingerprint density at radius 2 is 1.51 bits per heavy atom. The van der Waals surface area contributed by atoms with Crippen LogP contribution in [0.2, 0.25) is 0 Å². The standard InChI is InChI=1S/C26H39NO8/c1-16(2)22(28)33-21-19(14-17-10-12-18(31-9)13-11-17)27(23(29)34-25(3,4)5)15-20(21)32-24(30)35-26(6,7)8/h10-13,16,19-21H,14-15H2,1-9H3/t19-,20+,21+/m1/s1. The van der Waals surface area contributed by atoms with Crippen molar-refractivity contribution >= 4 is 18.2 Å². The zero-order valence-electron chi connectivity index (χ0n) is 22.2. The van der Waals surface area contributed by atoms with Crippen LogP contribution in [0.15, 0.2) is 24.3 Å². The van der Waals surface area contributed by atoms with Crippen LogP contribution in [0.3, 0.4) is 0 Å². The lowest BCUT2D eigenvalue weighted by Gasteiger charge is -2.30. The lowest BCUT2D eigenvalue weighted by molar-refractivity contribution is -0.159. The maximum atomic E-state index is 13.2. The van der Waals surface area contributed by atoms with Gasteiger partial charge in [-0.15, -0.1) is 0 Å². The van der Waals surface area contributed by atoms with E-state index in [2.05, 4.69) is 0 Å². The van der Waals surface area contributed by atoms with Crippen LogP contribution in [-0.4, -0.2) is 66.2 Å². The predicted octanol–water partition coefficient (Wildman–Crippen LogP) is 4.75. The lowest BCUT2D eigenvalue weighted by Crippen LogP contribution is -2.45. The van der Waals surface area contributed by atoms with E-state index in [4.69, 9.17) is 23.7 Å². The Kier molecular flexibility index (Phi) is 9.03. The summed E-state index contributed by atoms with van der Waals surface area (Å²) >= 11 is 0. The molecule has 0 radical (unpaired) electrons. The van der Waals surface area contributed by atoms with E-state index in [1.54, 1.807) is 62.5 Å². The van der Waals surface area contributed by atoms with Gasteiger partial charge in [0.05, 0.1) is 25.6 Å². The van der Waals surface area contributed by atoms with Gasteiger partial charge >= 0.3 is 18.2 Å². The van der Waals surface area contributed by atoms with Crippen LogP contribution < -0.4 is 4.74 Å². The fourth-order valence-corrected chi connectivity index (χ4v) is 3.54. The minimum Gasteiger partial charge on any atom is -0.497 e. The van der Waals surface area contributed by atoms with Gasteiger partial charge in [0.2, 0.25) is 0 Å². The smallest absolute Gasteiger partial charge is 0.497 e. The van der Waals surface area contributed by atoms with Gasteiger partial charge in [-0.2, -0.15) is 0 Å². The first-order chi connectivity index (χ1) is 16.1. The lowest BCUT2D eigenvalue weighted by atomic mass is 10.0. The highest BCUT2D eigenvalue weighted by molar-refractivity contribution is 5.73. The van der Waals surface area contributed by atoms with E-state index in [0.717, 1.165) is 5.56 Å². The predicted molar refractivity (Wildman–Crippen MR) is 129 cm³/mol. The number of esters is 1. The zero-order valence-corrected chi connectivity index (χ0v) is 22.2. The minimum absolute atomic E-state index is 0.00891. The molecule has 3 atom stereocenters. The van der Waals surface area contributed by atoms with Crippen molar-refractivity contribution in [2.24, 2.45) is 5.92 Å². The van der Waals surface area contributed by atoms with E-state index >= 15 is 0 Å². The number of carbonyl (C=O) groups is 3. The second-order valence-corrected chi connectivity index (χ2v) is 10.9. The molecule has 35 heavy (non-hydrogen) atoms. The number of carbonyl (C=O) groups excluding carboxylic acids is 3. The number of hydrogen-bond donors (Lipinski definition) is 0. The molecule has 0 aromatic heterocycles. The summed E-state index contributed by atoms with van der Waals surface area (Å²) in [6.07, 6.45) is -2.98. The van der Waals surface area contributed by atoms with Crippen molar-refractivity contribution in [2.75, 3.05) is 13.7 Å². The van der Waals surface area contributed by atoms with Gasteiger partial charge in [0.25, 0.3) is 0 Å². The molecule has 1 aliphatic rings. The Hall–Kier alpha value is -2.97. The SMILES string of the molecule is COc1ccc(C[C@@H]2[C@H](OC(=O)C(C)C)[C@@H](OC(=O)OC(C)(C)C)CN2C(=O)OC(C)(C)C)cc1. The van der Waals surface area contributed by atoms with Crippen LogP contribution in [0.5, 0.6) is 5.75 Å². The molecule has 1 heterocycles. The molecule has 0 unspecified atom stereocenters. The summed E-state index contributed by atoms with van der Waals surface area (Å²) < 4.78 is 27.5. The van der Waals surface area contributed by atoms with E-state index in [9.17, 15) is 14.4 Å². The second-order valence-electron chi connectivity index (χ2n) is 10.9. The second kappa shape index (κ2) is 11.2. The molecule has 196 valence electrons. The fourth-order valence-electron chi connectivity index (χ4n) is 3.54. The Bertz CT molecular complexity index is 882. The molecule has 0 N–H and O–H groups in total. The van der Waals surface area contributed by atoms with Crippen LogP contribution in [0.1, 0.15) is 61.0 Å². The molecule has 9 heteroatoms. The summed E-state index contributed by atoms with van der Waals surface area (Å²) in [6.45, 7) is 13.9. The van der Waals surface area contributed by atoms with E-state index in [0.29, 0.717) is 12.2 Å². The highest BCUT2D eigenvalue weighted by Gasteiger charge is 2.50. The highest BCUT2D eigenvalue weighted by Crippen LogP contribution is 2.30. The number of likely N-dealkylation sites (tertiary alicyclic amines) is 1. The summed E-state index contributed by atoms with van der Waals surface area (Å²) in [6, 6.07) is 6.73. The number of ether oxygens (including phenoxy) is 5. The van der Waals surface area contributed by atoms with Crippen LogP contribution in [0.25, 0.3) is 0 Å². The molecule has 1 aromatic rings. The quantitative estimate of drug-likeness (QED) is 0.414. The highest BCUT2D eigenvalue weighted by atomic mass is 16.7. The summed E-state index contributed by atoms with van der Waals surface area (Å²) in [5.41, 5.74) is -0.629. The summed E-state index contributed by atoms with van der Waals surface area (Å²) in [7, 11) is 1.58. The maximum Gasteiger partial charge on any atom is 0.509 e. The average molecular weight is 494 g/mol. The van der Waals surface area contributed by atoms with Gasteiger partial charge in [-0.3, -0.25) is 9.69 Å². The number of nitrogens with zero attached hydrogens (tertiary/aromatic N) is 1. The van der Waals surface area contributed by atoms with Gasteiger partial charge in [0.1, 0.15) is 17.0 Å². The van der Waals surface area contributed by atoms with E-state index in [-0.39, 0.29) is 6.54 Å². The molecule has 9 nitrogen and oxygen atoms in total. The topological polar surface area (TPSA) is 101 Å². The van der Waals surface area contributed by atoms with Crippen molar-refractivity contribution in [3.05, 3.63) is 29.8 Å². The van der Waals surface area contributed by atoms with Crippen molar-refractivity contribution in [1.29, 1.82) is 0 Å². The molecule has 0 spiro atoms. The van der Waals surface area contributed by atoms with Crippen molar-refractivity contribution < 1.29 is 38.1 Å². The van der Waals surface area contributed by atoms with Gasteiger partial charge < -0.3 is 23.7 Å². The molecule has 0 saturated carbocycles. The molecule has 0 aliphatic carbocycles. The fraction of sp³-hybridized carbons (Fsp3) is 0.654. The van der Waals surface area contributed by atoms with Gasteiger partial charge in [0.15, 0.2) is 12.2 Å². The molecule has 1 saturated heterocycles. The van der Waals surface area contributed by atoms with Gasteiger partial charge in [-0.05, 0) is 65.7 Å². The van der Waals surface area contributed by atoms with Crippen LogP contribution in [0.4, 0.5) is 9.59 Å². The Morgan fingerprint density at radius 3 is 2.00 bits per heavy atom. The molecule has 0 bridgehead atoms. The van der Waals surface area contributed by atoms with Crippen LogP contribution in [-0.2, 0) is 30.2 Å². The Balaban J connectivity index is 2.41. The summed E-state index contributed by atoms with van der Waals surface area (Å²) in [4.78, 5) is 39.7. The third-order valence-electron chi connectivity index (χ3n) is 5.12. The summed E-state index contributed by atoms with van der Waals surface area (Å²) in [5.74, 6) is -0.175. The zero-order chi connectivity index (χ0) is 26.6. The molecule has 1 aliphatic heterocycles. The van der Waals surface area contributed by atoms with Crippen LogP contribution in [0, 0.1) is 5.92 Å². The first kappa shape index (κ1) is 28.3. The first-order valence-corrected chi connectivity index (χ1v) is 11.8. The Labute approximate surface area is 208 Å². The van der Waals surface area contributed by atoms with Gasteiger partial charge in [-0.25, -0.2) is 9.59 Å². The summed E-state index contributed by atoms with van der Waals surface area (Å²) in [5, 5.41) is 0. The number of hydrogen-bond acceptors (Lipinski definition) is 8. The number of methoxy groups -OCH3 is 1. The molecule has 1 aromatic carbocycles. The first-order valence-electron chi connectivity index (χ1n) is 11.8. The van der Waals surface area contributed by atoms with Gasteiger partial charge in [-0.1, -0.05) is 26.0 Å². The Morgan fingerprint density at radius 1 is 0.943 bits per heavy atom. The number of rotatable bonds is 6. The number of benzene rings is 1. The maximum absolute atomic E-state index is 13.2. The number of amides is 1. The molecule has 1 amide bonds. The van der Waals surface area contributed by atoms with E-state index in [1.807, 2.05) is 24.3 Å². The molecular formula is C26H39NO8. The normalized spacial score (nSPS) is 20.4. The van der Waals surface area contributed by atoms with Crippen molar-refractivity contribution in [3.63, 3.8) is 0 Å². The van der Waals surface area contributed by atoms with Crippen molar-refractivity contribution in [3.8, 4) is 5.75 Å². The molecule has 1 fully saturated rings. The van der Waals surface area contributed by atoms with Crippen molar-refractivity contribution in [1.82, 2.24) is 4.90 Å². The molecule has 2 rings (SSSR count). The van der Waals surface area contributed by atoms with E-state index in [1.165, 1.54) is 4.90 Å². The average Bonchev–Trinajstić information content (AvgIpc) is 3.02. The van der Waals surface area contributed by atoms with Crippen molar-refractivity contribution in [2.45, 2.75) is 91.3 Å².